The first-order valence-corrected chi connectivity index (χ1v) is 5.96. The Bertz CT molecular complexity index is 513. The van der Waals surface area contributed by atoms with E-state index in [1.807, 2.05) is 19.1 Å². The van der Waals surface area contributed by atoms with E-state index < -0.39 is 0 Å². The molecule has 0 saturated carbocycles. The Morgan fingerprint density at radius 2 is 2.06 bits per heavy atom. The molecule has 0 atom stereocenters. The minimum atomic E-state index is 0.615. The van der Waals surface area contributed by atoms with Crippen molar-refractivity contribution in [3.8, 4) is 11.4 Å². The predicted molar refractivity (Wildman–Crippen MR) is 69.9 cm³/mol. The summed E-state index contributed by atoms with van der Waals surface area (Å²) in [5.41, 5.74) is 7.33. The van der Waals surface area contributed by atoms with E-state index in [1.165, 1.54) is 0 Å². The number of hydrogen-bond donors (Lipinski definition) is 1. The van der Waals surface area contributed by atoms with Crippen molar-refractivity contribution in [1.29, 1.82) is 0 Å². The molecule has 0 aliphatic heterocycles. The van der Waals surface area contributed by atoms with Gasteiger partial charge in [0, 0.05) is 22.8 Å². The van der Waals surface area contributed by atoms with Gasteiger partial charge in [-0.05, 0) is 31.5 Å². The van der Waals surface area contributed by atoms with E-state index in [-0.39, 0.29) is 0 Å². The molecule has 1 aromatic carbocycles. The molecule has 4 nitrogen and oxygen atoms in total. The van der Waals surface area contributed by atoms with E-state index in [4.69, 9.17) is 17.3 Å². The van der Waals surface area contributed by atoms with Crippen molar-refractivity contribution in [3.05, 3.63) is 29.0 Å². The van der Waals surface area contributed by atoms with E-state index in [1.54, 1.807) is 6.07 Å². The molecule has 0 amide bonds. The summed E-state index contributed by atoms with van der Waals surface area (Å²) in [6, 6.07) is 5.44. The molecule has 0 bridgehead atoms. The standard InChI is InChI=1S/C12H15ClN4/c1-3-4-17-8(2)15-16-12(17)9-5-10(13)7-11(14)6-9/h5-7H,3-4,14H2,1-2H3. The van der Waals surface area contributed by atoms with Gasteiger partial charge in [0.25, 0.3) is 0 Å². The molecule has 5 heteroatoms. The Labute approximate surface area is 105 Å². The lowest BCUT2D eigenvalue weighted by atomic mass is 10.2. The SMILES string of the molecule is CCCn1c(C)nnc1-c1cc(N)cc(Cl)c1. The number of aryl methyl sites for hydroxylation is 1. The molecular formula is C12H15ClN4. The van der Waals surface area contributed by atoms with Gasteiger partial charge >= 0.3 is 0 Å². The predicted octanol–water partition coefficient (Wildman–Crippen LogP) is 2.90. The summed E-state index contributed by atoms with van der Waals surface area (Å²) in [6.45, 7) is 4.95. The van der Waals surface area contributed by atoms with Gasteiger partial charge in [0.1, 0.15) is 5.82 Å². The van der Waals surface area contributed by atoms with Crippen LogP contribution in [0.2, 0.25) is 5.02 Å². The highest BCUT2D eigenvalue weighted by Gasteiger charge is 2.11. The summed E-state index contributed by atoms with van der Waals surface area (Å²) >= 11 is 6.00. The molecule has 0 radical (unpaired) electrons. The highest BCUT2D eigenvalue weighted by molar-refractivity contribution is 6.31. The molecule has 0 aliphatic rings. The average Bonchev–Trinajstić information content (AvgIpc) is 2.60. The minimum Gasteiger partial charge on any atom is -0.399 e. The molecule has 2 rings (SSSR count). The second-order valence-electron chi connectivity index (χ2n) is 4.00. The fourth-order valence-corrected chi connectivity index (χ4v) is 2.07. The number of aromatic nitrogens is 3. The van der Waals surface area contributed by atoms with Crippen LogP contribution in [0, 0.1) is 6.92 Å². The second-order valence-corrected chi connectivity index (χ2v) is 4.43. The molecule has 1 heterocycles. The van der Waals surface area contributed by atoms with Gasteiger partial charge in [0.2, 0.25) is 0 Å². The summed E-state index contributed by atoms with van der Waals surface area (Å²) in [6.07, 6.45) is 1.03. The lowest BCUT2D eigenvalue weighted by Gasteiger charge is -2.08. The smallest absolute Gasteiger partial charge is 0.164 e. The number of hydrogen-bond acceptors (Lipinski definition) is 3. The van der Waals surface area contributed by atoms with Crippen LogP contribution >= 0.6 is 11.6 Å². The third-order valence-corrected chi connectivity index (χ3v) is 2.78. The Kier molecular flexibility index (Phi) is 3.33. The van der Waals surface area contributed by atoms with Gasteiger partial charge in [-0.25, -0.2) is 0 Å². The first kappa shape index (κ1) is 11.9. The fraction of sp³-hybridized carbons (Fsp3) is 0.333. The summed E-state index contributed by atoms with van der Waals surface area (Å²) in [5, 5.41) is 8.90. The molecule has 2 N–H and O–H groups in total. The Morgan fingerprint density at radius 1 is 1.29 bits per heavy atom. The zero-order valence-corrected chi connectivity index (χ0v) is 10.7. The van der Waals surface area contributed by atoms with Crippen molar-refractivity contribution >= 4 is 17.3 Å². The zero-order chi connectivity index (χ0) is 12.4. The van der Waals surface area contributed by atoms with Gasteiger partial charge in [-0.1, -0.05) is 18.5 Å². The monoisotopic (exact) mass is 250 g/mol. The van der Waals surface area contributed by atoms with E-state index in [0.29, 0.717) is 10.7 Å². The Hall–Kier alpha value is -1.55. The van der Waals surface area contributed by atoms with Gasteiger partial charge in [-0.3, -0.25) is 0 Å². The molecule has 1 aromatic heterocycles. The van der Waals surface area contributed by atoms with Gasteiger partial charge in [0.05, 0.1) is 0 Å². The molecule has 0 unspecified atom stereocenters. The summed E-state index contributed by atoms with van der Waals surface area (Å²) in [5.74, 6) is 1.72. The van der Waals surface area contributed by atoms with Crippen LogP contribution in [-0.4, -0.2) is 14.8 Å². The Balaban J connectivity index is 2.52. The second kappa shape index (κ2) is 4.75. The molecule has 0 aliphatic carbocycles. The van der Waals surface area contributed by atoms with Crippen LogP contribution in [0.4, 0.5) is 5.69 Å². The molecule has 17 heavy (non-hydrogen) atoms. The van der Waals surface area contributed by atoms with Crippen molar-refractivity contribution < 1.29 is 0 Å². The Morgan fingerprint density at radius 3 is 2.71 bits per heavy atom. The number of rotatable bonds is 3. The molecule has 0 fully saturated rings. The van der Waals surface area contributed by atoms with Crippen LogP contribution in [-0.2, 0) is 6.54 Å². The highest BCUT2D eigenvalue weighted by atomic mass is 35.5. The average molecular weight is 251 g/mol. The molecular weight excluding hydrogens is 236 g/mol. The maximum Gasteiger partial charge on any atom is 0.164 e. The largest absolute Gasteiger partial charge is 0.399 e. The third kappa shape index (κ3) is 2.42. The number of nitrogens with zero attached hydrogens (tertiary/aromatic N) is 3. The highest BCUT2D eigenvalue weighted by Crippen LogP contribution is 2.25. The van der Waals surface area contributed by atoms with Crippen LogP contribution < -0.4 is 5.73 Å². The molecule has 2 aromatic rings. The number of anilines is 1. The van der Waals surface area contributed by atoms with E-state index >= 15 is 0 Å². The lowest BCUT2D eigenvalue weighted by Crippen LogP contribution is -2.02. The van der Waals surface area contributed by atoms with Crippen LogP contribution in [0.5, 0.6) is 0 Å². The maximum atomic E-state index is 6.00. The molecule has 90 valence electrons. The van der Waals surface area contributed by atoms with E-state index in [2.05, 4.69) is 21.7 Å². The van der Waals surface area contributed by atoms with Gasteiger partial charge in [-0.15, -0.1) is 10.2 Å². The summed E-state index contributed by atoms with van der Waals surface area (Å²) in [7, 11) is 0. The van der Waals surface area contributed by atoms with Crippen LogP contribution in [0.25, 0.3) is 11.4 Å². The summed E-state index contributed by atoms with van der Waals surface area (Å²) in [4.78, 5) is 0. The lowest BCUT2D eigenvalue weighted by molar-refractivity contribution is 0.663. The minimum absolute atomic E-state index is 0.615. The fourth-order valence-electron chi connectivity index (χ4n) is 1.83. The quantitative estimate of drug-likeness (QED) is 0.853. The number of nitrogen functional groups attached to an aromatic ring is 1. The number of benzene rings is 1. The van der Waals surface area contributed by atoms with E-state index in [9.17, 15) is 0 Å². The van der Waals surface area contributed by atoms with Gasteiger partial charge < -0.3 is 10.3 Å². The van der Waals surface area contributed by atoms with Crippen molar-refractivity contribution in [2.75, 3.05) is 5.73 Å². The third-order valence-electron chi connectivity index (χ3n) is 2.56. The number of nitrogens with two attached hydrogens (primary N) is 1. The van der Waals surface area contributed by atoms with Crippen molar-refractivity contribution in [2.45, 2.75) is 26.8 Å². The van der Waals surface area contributed by atoms with Gasteiger partial charge in [0.15, 0.2) is 5.82 Å². The van der Waals surface area contributed by atoms with E-state index in [0.717, 1.165) is 30.2 Å². The van der Waals surface area contributed by atoms with Gasteiger partial charge in [-0.2, -0.15) is 0 Å². The number of halogens is 1. The van der Waals surface area contributed by atoms with Crippen molar-refractivity contribution in [2.24, 2.45) is 0 Å². The van der Waals surface area contributed by atoms with Crippen LogP contribution in [0.1, 0.15) is 19.2 Å². The molecule has 0 spiro atoms. The van der Waals surface area contributed by atoms with Crippen molar-refractivity contribution in [3.63, 3.8) is 0 Å². The summed E-state index contributed by atoms with van der Waals surface area (Å²) < 4.78 is 2.07. The van der Waals surface area contributed by atoms with Crippen LogP contribution in [0.15, 0.2) is 18.2 Å². The van der Waals surface area contributed by atoms with Crippen LogP contribution in [0.3, 0.4) is 0 Å². The topological polar surface area (TPSA) is 56.7 Å². The zero-order valence-electron chi connectivity index (χ0n) is 9.94. The first-order valence-electron chi connectivity index (χ1n) is 5.58. The van der Waals surface area contributed by atoms with Crippen molar-refractivity contribution in [1.82, 2.24) is 14.8 Å². The maximum absolute atomic E-state index is 6.00. The normalized spacial score (nSPS) is 10.8. The first-order chi connectivity index (χ1) is 8.11. The molecule has 0 saturated heterocycles.